The Balaban J connectivity index is 1.87. The second kappa shape index (κ2) is 9.13. The number of hydrogen-bond donors (Lipinski definition) is 1. The van der Waals surface area contributed by atoms with Crippen molar-refractivity contribution in [2.24, 2.45) is 0 Å². The quantitative estimate of drug-likeness (QED) is 0.713. The molecule has 0 fully saturated rings. The van der Waals surface area contributed by atoms with E-state index in [1.165, 1.54) is 12.3 Å². The molecule has 0 unspecified atom stereocenters. The largest absolute Gasteiger partial charge is 0.397 e. The highest BCUT2D eigenvalue weighted by Gasteiger charge is 2.11. The first kappa shape index (κ1) is 18.1. The molecule has 1 heterocycles. The number of rotatable bonds is 9. The van der Waals surface area contributed by atoms with E-state index in [4.69, 9.17) is 5.73 Å². The normalized spacial score (nSPS) is 11.0. The topological polar surface area (TPSA) is 59.2 Å². The van der Waals surface area contributed by atoms with Crippen LogP contribution in [0, 0.1) is 5.82 Å². The zero-order chi connectivity index (χ0) is 17.4. The molecule has 0 aliphatic heterocycles. The number of aromatic nitrogens is 1. The molecule has 0 bridgehead atoms. The third-order valence-electron chi connectivity index (χ3n) is 3.85. The summed E-state index contributed by atoms with van der Waals surface area (Å²) in [5.41, 5.74) is 7.39. The summed E-state index contributed by atoms with van der Waals surface area (Å²) in [6.07, 6.45) is 5.21. The van der Waals surface area contributed by atoms with Gasteiger partial charge >= 0.3 is 0 Å². The number of ketones is 1. The van der Waals surface area contributed by atoms with Gasteiger partial charge in [-0.2, -0.15) is 0 Å². The van der Waals surface area contributed by atoms with Crippen molar-refractivity contribution in [2.45, 2.75) is 32.7 Å². The van der Waals surface area contributed by atoms with Crippen LogP contribution in [0.5, 0.6) is 0 Å². The predicted molar refractivity (Wildman–Crippen MR) is 94.2 cm³/mol. The fraction of sp³-hybridized carbons (Fsp3) is 0.368. The van der Waals surface area contributed by atoms with Crippen molar-refractivity contribution in [1.29, 1.82) is 0 Å². The summed E-state index contributed by atoms with van der Waals surface area (Å²) in [4.78, 5) is 18.3. The number of hydrogen-bond acceptors (Lipinski definition) is 4. The van der Waals surface area contributed by atoms with Gasteiger partial charge in [-0.25, -0.2) is 4.39 Å². The van der Waals surface area contributed by atoms with Gasteiger partial charge in [-0.1, -0.05) is 25.1 Å². The fourth-order valence-electron chi connectivity index (χ4n) is 2.67. The van der Waals surface area contributed by atoms with E-state index in [1.54, 1.807) is 18.3 Å². The van der Waals surface area contributed by atoms with Gasteiger partial charge in [-0.15, -0.1) is 0 Å². The minimum absolute atomic E-state index is 0.0390. The molecule has 2 aromatic rings. The third-order valence-corrected chi connectivity index (χ3v) is 3.85. The fourth-order valence-corrected chi connectivity index (χ4v) is 2.67. The highest BCUT2D eigenvalue weighted by Crippen LogP contribution is 2.13. The van der Waals surface area contributed by atoms with Gasteiger partial charge in [0.2, 0.25) is 0 Å². The standard InChI is InChI=1S/C19H24FN3O/c1-2-9-23(14-15-6-3-4-7-18(15)20)10-5-8-19(24)16-11-17(21)13-22-12-16/h3-4,6-7,11-13H,2,5,8-10,14,21H2,1H3. The number of nitrogen functional groups attached to an aromatic ring is 1. The molecule has 0 saturated heterocycles. The van der Waals surface area contributed by atoms with Crippen LogP contribution in [0.2, 0.25) is 0 Å². The zero-order valence-electron chi connectivity index (χ0n) is 14.0. The molecule has 0 atom stereocenters. The lowest BCUT2D eigenvalue weighted by Crippen LogP contribution is -2.26. The highest BCUT2D eigenvalue weighted by atomic mass is 19.1. The Morgan fingerprint density at radius 1 is 1.25 bits per heavy atom. The van der Waals surface area contributed by atoms with Crippen molar-refractivity contribution in [3.05, 3.63) is 59.7 Å². The molecule has 0 aliphatic rings. The van der Waals surface area contributed by atoms with Crippen LogP contribution >= 0.6 is 0 Å². The van der Waals surface area contributed by atoms with E-state index in [9.17, 15) is 9.18 Å². The number of anilines is 1. The van der Waals surface area contributed by atoms with Crippen molar-refractivity contribution in [2.75, 3.05) is 18.8 Å². The summed E-state index contributed by atoms with van der Waals surface area (Å²) in [5, 5.41) is 0. The van der Waals surface area contributed by atoms with E-state index in [0.717, 1.165) is 25.9 Å². The van der Waals surface area contributed by atoms with E-state index in [-0.39, 0.29) is 11.6 Å². The number of Topliss-reactive ketones (excluding diaryl/α,β-unsaturated/α-hetero) is 1. The average molecular weight is 329 g/mol. The van der Waals surface area contributed by atoms with Crippen LogP contribution in [-0.2, 0) is 6.54 Å². The van der Waals surface area contributed by atoms with Crippen LogP contribution in [-0.4, -0.2) is 28.8 Å². The van der Waals surface area contributed by atoms with Gasteiger partial charge in [0.05, 0.1) is 5.69 Å². The molecule has 128 valence electrons. The maximum atomic E-state index is 13.8. The maximum Gasteiger partial charge on any atom is 0.164 e. The molecule has 1 aromatic carbocycles. The Morgan fingerprint density at radius 3 is 2.75 bits per heavy atom. The molecular formula is C19H24FN3O. The van der Waals surface area contributed by atoms with Gasteiger partial charge in [0.15, 0.2) is 5.78 Å². The van der Waals surface area contributed by atoms with E-state index in [0.29, 0.717) is 29.8 Å². The Kier molecular flexibility index (Phi) is 6.88. The molecule has 4 nitrogen and oxygen atoms in total. The molecular weight excluding hydrogens is 305 g/mol. The van der Waals surface area contributed by atoms with Crippen molar-refractivity contribution in [3.63, 3.8) is 0 Å². The average Bonchev–Trinajstić information content (AvgIpc) is 2.57. The summed E-state index contributed by atoms with van der Waals surface area (Å²) < 4.78 is 13.8. The van der Waals surface area contributed by atoms with Crippen molar-refractivity contribution < 1.29 is 9.18 Å². The number of nitrogens with zero attached hydrogens (tertiary/aromatic N) is 2. The Morgan fingerprint density at radius 2 is 2.04 bits per heavy atom. The second-order valence-corrected chi connectivity index (χ2v) is 5.90. The van der Waals surface area contributed by atoms with Crippen LogP contribution in [0.3, 0.4) is 0 Å². The molecule has 0 spiro atoms. The van der Waals surface area contributed by atoms with Gasteiger partial charge in [0.1, 0.15) is 5.82 Å². The van der Waals surface area contributed by atoms with Crippen LogP contribution in [0.15, 0.2) is 42.7 Å². The molecule has 2 N–H and O–H groups in total. The van der Waals surface area contributed by atoms with Gasteiger partial charge < -0.3 is 5.73 Å². The first-order valence-electron chi connectivity index (χ1n) is 8.29. The lowest BCUT2D eigenvalue weighted by atomic mass is 10.1. The second-order valence-electron chi connectivity index (χ2n) is 5.90. The number of carbonyl (C=O) groups excluding carboxylic acids is 1. The van der Waals surface area contributed by atoms with Crippen LogP contribution < -0.4 is 5.73 Å². The Labute approximate surface area is 142 Å². The summed E-state index contributed by atoms with van der Waals surface area (Å²) in [5.74, 6) is -0.141. The molecule has 2 rings (SSSR count). The summed E-state index contributed by atoms with van der Waals surface area (Å²) in [7, 11) is 0. The maximum absolute atomic E-state index is 13.8. The summed E-state index contributed by atoms with van der Waals surface area (Å²) in [6, 6.07) is 8.48. The molecule has 5 heteroatoms. The van der Waals surface area contributed by atoms with Gasteiger partial charge in [0, 0.05) is 36.5 Å². The van der Waals surface area contributed by atoms with Gasteiger partial charge in [-0.3, -0.25) is 14.7 Å². The van der Waals surface area contributed by atoms with E-state index < -0.39 is 0 Å². The molecule has 24 heavy (non-hydrogen) atoms. The van der Waals surface area contributed by atoms with Crippen molar-refractivity contribution in [1.82, 2.24) is 9.88 Å². The van der Waals surface area contributed by atoms with Crippen LogP contribution in [0.4, 0.5) is 10.1 Å². The first-order chi connectivity index (χ1) is 11.6. The smallest absolute Gasteiger partial charge is 0.164 e. The third kappa shape index (κ3) is 5.42. The zero-order valence-corrected chi connectivity index (χ0v) is 14.0. The number of halogens is 1. The molecule has 0 saturated carbocycles. The SMILES string of the molecule is CCCN(CCCC(=O)c1cncc(N)c1)Cc1ccccc1F. The molecule has 0 amide bonds. The Hall–Kier alpha value is -2.27. The molecule has 0 aliphatic carbocycles. The van der Waals surface area contributed by atoms with Gasteiger partial charge in [0.25, 0.3) is 0 Å². The summed E-state index contributed by atoms with van der Waals surface area (Å²) in [6.45, 7) is 4.29. The van der Waals surface area contributed by atoms with Crippen LogP contribution in [0.1, 0.15) is 42.1 Å². The highest BCUT2D eigenvalue weighted by molar-refractivity contribution is 5.96. The predicted octanol–water partition coefficient (Wildman–Crippen LogP) is 3.68. The van der Waals surface area contributed by atoms with Crippen LogP contribution in [0.25, 0.3) is 0 Å². The van der Waals surface area contributed by atoms with Crippen molar-refractivity contribution in [3.8, 4) is 0 Å². The molecule has 0 radical (unpaired) electrons. The van der Waals surface area contributed by atoms with E-state index >= 15 is 0 Å². The number of nitrogens with two attached hydrogens (primary N) is 1. The summed E-state index contributed by atoms with van der Waals surface area (Å²) >= 11 is 0. The lowest BCUT2D eigenvalue weighted by molar-refractivity contribution is 0.0973. The minimum atomic E-state index is -0.180. The number of benzene rings is 1. The van der Waals surface area contributed by atoms with E-state index in [1.807, 2.05) is 12.1 Å². The molecule has 1 aromatic heterocycles. The number of carbonyl (C=O) groups is 1. The number of pyridine rings is 1. The Bertz CT molecular complexity index is 675. The van der Waals surface area contributed by atoms with Crippen molar-refractivity contribution >= 4 is 11.5 Å². The first-order valence-corrected chi connectivity index (χ1v) is 8.29. The lowest BCUT2D eigenvalue weighted by Gasteiger charge is -2.21. The monoisotopic (exact) mass is 329 g/mol. The van der Waals surface area contributed by atoms with E-state index in [2.05, 4.69) is 16.8 Å². The van der Waals surface area contributed by atoms with Gasteiger partial charge in [-0.05, 0) is 38.1 Å². The minimum Gasteiger partial charge on any atom is -0.397 e.